The van der Waals surface area contributed by atoms with Gasteiger partial charge in [-0.3, -0.25) is 9.69 Å². The first-order valence-corrected chi connectivity index (χ1v) is 7.15. The van der Waals surface area contributed by atoms with Crippen LogP contribution in [-0.2, 0) is 16.1 Å². The molecule has 0 saturated carbocycles. The van der Waals surface area contributed by atoms with Gasteiger partial charge >= 0.3 is 5.97 Å². The molecule has 0 bridgehead atoms. The molecular weight excluding hydrogens is 248 g/mol. The second-order valence-electron chi connectivity index (χ2n) is 4.82. The molecule has 1 saturated heterocycles. The van der Waals surface area contributed by atoms with Crippen LogP contribution in [-0.4, -0.2) is 36.1 Å². The molecule has 1 aromatic rings. The van der Waals surface area contributed by atoms with Crippen molar-refractivity contribution in [1.29, 1.82) is 0 Å². The molecule has 0 atom stereocenters. The molecule has 1 aromatic heterocycles. The minimum absolute atomic E-state index is 0.0596. The van der Waals surface area contributed by atoms with Crippen LogP contribution in [0.5, 0.6) is 0 Å². The highest BCUT2D eigenvalue weighted by atomic mass is 32.1. The van der Waals surface area contributed by atoms with Gasteiger partial charge in [-0.2, -0.15) is 0 Å². The molecule has 2 heterocycles. The highest BCUT2D eigenvalue weighted by molar-refractivity contribution is 7.11. The number of aromatic nitrogens is 1. The van der Waals surface area contributed by atoms with Crippen LogP contribution in [0, 0.1) is 19.8 Å². The van der Waals surface area contributed by atoms with Crippen molar-refractivity contribution in [3.05, 3.63) is 15.6 Å². The third-order valence-electron chi connectivity index (χ3n) is 3.55. The Labute approximate surface area is 112 Å². The maximum Gasteiger partial charge on any atom is 0.308 e. The quantitative estimate of drug-likeness (QED) is 0.788. The number of aryl methyl sites for hydroxylation is 2. The molecule has 0 spiro atoms. The minimum Gasteiger partial charge on any atom is -0.469 e. The average Bonchev–Trinajstić information content (AvgIpc) is 2.68. The smallest absolute Gasteiger partial charge is 0.308 e. The zero-order valence-corrected chi connectivity index (χ0v) is 12.0. The van der Waals surface area contributed by atoms with Gasteiger partial charge in [-0.1, -0.05) is 0 Å². The molecule has 0 unspecified atom stereocenters. The summed E-state index contributed by atoms with van der Waals surface area (Å²) in [7, 11) is 1.47. The fraction of sp³-hybridized carbons (Fsp3) is 0.692. The lowest BCUT2D eigenvalue weighted by Gasteiger charge is -2.29. The predicted molar refractivity (Wildman–Crippen MR) is 71.6 cm³/mol. The number of nitrogens with zero attached hydrogens (tertiary/aromatic N) is 2. The molecule has 0 aromatic carbocycles. The Morgan fingerprint density at radius 1 is 1.44 bits per heavy atom. The van der Waals surface area contributed by atoms with E-state index in [0.717, 1.165) is 38.2 Å². The zero-order chi connectivity index (χ0) is 13.1. The lowest BCUT2D eigenvalue weighted by molar-refractivity contribution is -0.147. The monoisotopic (exact) mass is 268 g/mol. The number of carbonyl (C=O) groups is 1. The second kappa shape index (κ2) is 5.80. The van der Waals surface area contributed by atoms with Gasteiger partial charge in [0.1, 0.15) is 5.01 Å². The summed E-state index contributed by atoms with van der Waals surface area (Å²) in [5.74, 6) is 0.0293. The molecule has 0 amide bonds. The molecular formula is C13H20N2O2S. The van der Waals surface area contributed by atoms with Crippen LogP contribution in [0.15, 0.2) is 0 Å². The van der Waals surface area contributed by atoms with Gasteiger partial charge < -0.3 is 4.74 Å². The van der Waals surface area contributed by atoms with E-state index in [1.165, 1.54) is 17.0 Å². The molecule has 18 heavy (non-hydrogen) atoms. The van der Waals surface area contributed by atoms with Crippen molar-refractivity contribution >= 4 is 17.3 Å². The fourth-order valence-corrected chi connectivity index (χ4v) is 3.27. The molecule has 0 N–H and O–H groups in total. The van der Waals surface area contributed by atoms with Crippen LogP contribution in [0.25, 0.3) is 0 Å². The van der Waals surface area contributed by atoms with Gasteiger partial charge in [0.15, 0.2) is 0 Å². The van der Waals surface area contributed by atoms with E-state index in [-0.39, 0.29) is 11.9 Å². The van der Waals surface area contributed by atoms with Crippen LogP contribution in [0.4, 0.5) is 0 Å². The number of likely N-dealkylation sites (tertiary alicyclic amines) is 1. The minimum atomic E-state index is -0.0596. The van der Waals surface area contributed by atoms with E-state index in [0.29, 0.717) is 0 Å². The highest BCUT2D eigenvalue weighted by Gasteiger charge is 2.25. The third kappa shape index (κ3) is 3.09. The SMILES string of the molecule is COC(=O)C1CCN(Cc2nc(C)c(C)s2)CC1. The summed E-state index contributed by atoms with van der Waals surface area (Å²) in [5.41, 5.74) is 1.14. The number of hydrogen-bond acceptors (Lipinski definition) is 5. The van der Waals surface area contributed by atoms with Crippen molar-refractivity contribution < 1.29 is 9.53 Å². The van der Waals surface area contributed by atoms with Crippen molar-refractivity contribution in [2.45, 2.75) is 33.2 Å². The van der Waals surface area contributed by atoms with E-state index in [1.807, 2.05) is 0 Å². The number of piperidine rings is 1. The Hall–Kier alpha value is -0.940. The van der Waals surface area contributed by atoms with E-state index in [1.54, 1.807) is 11.3 Å². The number of thiazole rings is 1. The van der Waals surface area contributed by atoms with Gasteiger partial charge in [0.25, 0.3) is 0 Å². The Morgan fingerprint density at radius 2 is 2.11 bits per heavy atom. The van der Waals surface area contributed by atoms with Gasteiger partial charge in [-0.25, -0.2) is 4.98 Å². The topological polar surface area (TPSA) is 42.4 Å². The summed E-state index contributed by atoms with van der Waals surface area (Å²) in [4.78, 5) is 19.7. The van der Waals surface area contributed by atoms with Crippen molar-refractivity contribution in [2.24, 2.45) is 5.92 Å². The van der Waals surface area contributed by atoms with Crippen LogP contribution >= 0.6 is 11.3 Å². The van der Waals surface area contributed by atoms with Crippen molar-refractivity contribution in [2.75, 3.05) is 20.2 Å². The number of carbonyl (C=O) groups excluding carboxylic acids is 1. The Morgan fingerprint density at radius 3 is 2.61 bits per heavy atom. The summed E-state index contributed by atoms with van der Waals surface area (Å²) in [6, 6.07) is 0. The maximum absolute atomic E-state index is 11.4. The molecule has 0 radical (unpaired) electrons. The summed E-state index contributed by atoms with van der Waals surface area (Å²) in [6.45, 7) is 6.99. The molecule has 1 fully saturated rings. The van der Waals surface area contributed by atoms with Gasteiger partial charge in [-0.05, 0) is 39.8 Å². The summed E-state index contributed by atoms with van der Waals surface area (Å²) in [6.07, 6.45) is 1.80. The van der Waals surface area contributed by atoms with Gasteiger partial charge in [0.05, 0.1) is 25.3 Å². The predicted octanol–water partition coefficient (Wildman–Crippen LogP) is 2.14. The van der Waals surface area contributed by atoms with Crippen molar-refractivity contribution in [3.63, 3.8) is 0 Å². The van der Waals surface area contributed by atoms with Crippen LogP contribution in [0.1, 0.15) is 28.4 Å². The van der Waals surface area contributed by atoms with E-state index in [2.05, 4.69) is 23.7 Å². The Kier molecular flexibility index (Phi) is 4.35. The maximum atomic E-state index is 11.4. The first kappa shape index (κ1) is 13.5. The van der Waals surface area contributed by atoms with Gasteiger partial charge in [0, 0.05) is 4.88 Å². The first-order chi connectivity index (χ1) is 8.60. The average molecular weight is 268 g/mol. The first-order valence-electron chi connectivity index (χ1n) is 6.33. The number of ether oxygens (including phenoxy) is 1. The zero-order valence-electron chi connectivity index (χ0n) is 11.2. The highest BCUT2D eigenvalue weighted by Crippen LogP contribution is 2.22. The molecule has 100 valence electrons. The summed E-state index contributed by atoms with van der Waals surface area (Å²) >= 11 is 1.78. The fourth-order valence-electron chi connectivity index (χ4n) is 2.29. The molecule has 4 nitrogen and oxygen atoms in total. The number of rotatable bonds is 3. The number of esters is 1. The standard InChI is InChI=1S/C13H20N2O2S/c1-9-10(2)18-12(14-9)8-15-6-4-11(5-7-15)13(16)17-3/h11H,4-8H2,1-3H3. The summed E-state index contributed by atoms with van der Waals surface area (Å²) in [5, 5.41) is 1.18. The van der Waals surface area contributed by atoms with Crippen LogP contribution in [0.3, 0.4) is 0 Å². The van der Waals surface area contributed by atoms with E-state index < -0.39 is 0 Å². The van der Waals surface area contributed by atoms with Gasteiger partial charge in [0.2, 0.25) is 0 Å². The van der Waals surface area contributed by atoms with E-state index in [9.17, 15) is 4.79 Å². The molecule has 2 rings (SSSR count). The Bertz CT molecular complexity index is 403. The van der Waals surface area contributed by atoms with Gasteiger partial charge in [-0.15, -0.1) is 11.3 Å². The normalized spacial score (nSPS) is 17.9. The van der Waals surface area contributed by atoms with Crippen molar-refractivity contribution in [3.8, 4) is 0 Å². The Balaban J connectivity index is 1.85. The molecule has 1 aliphatic heterocycles. The largest absolute Gasteiger partial charge is 0.469 e. The second-order valence-corrected chi connectivity index (χ2v) is 6.11. The molecule has 5 heteroatoms. The number of hydrogen-bond donors (Lipinski definition) is 0. The van der Waals surface area contributed by atoms with Crippen LogP contribution in [0.2, 0.25) is 0 Å². The number of methoxy groups -OCH3 is 1. The molecule has 1 aliphatic rings. The van der Waals surface area contributed by atoms with E-state index >= 15 is 0 Å². The van der Waals surface area contributed by atoms with Crippen molar-refractivity contribution in [1.82, 2.24) is 9.88 Å². The van der Waals surface area contributed by atoms with E-state index in [4.69, 9.17) is 4.74 Å². The lowest BCUT2D eigenvalue weighted by atomic mass is 9.97. The summed E-state index contributed by atoms with van der Waals surface area (Å²) < 4.78 is 4.79. The van der Waals surface area contributed by atoms with Crippen LogP contribution < -0.4 is 0 Å². The third-order valence-corrected chi connectivity index (χ3v) is 4.61. The lowest BCUT2D eigenvalue weighted by Crippen LogP contribution is -2.36. The molecule has 0 aliphatic carbocycles.